The van der Waals surface area contributed by atoms with Gasteiger partial charge in [0.2, 0.25) is 0 Å². The first kappa shape index (κ1) is 15.8. The number of allylic oxidation sites excluding steroid dienone is 1. The van der Waals surface area contributed by atoms with Gasteiger partial charge >= 0.3 is 0 Å². The largest absolute Gasteiger partial charge is 0.490 e. The normalized spacial score (nSPS) is 12.4. The van der Waals surface area contributed by atoms with E-state index in [1.165, 1.54) is 5.56 Å². The third-order valence-electron chi connectivity index (χ3n) is 3.01. The van der Waals surface area contributed by atoms with Gasteiger partial charge in [0.05, 0.1) is 6.10 Å². The number of hydrogen-bond donors (Lipinski definition) is 1. The summed E-state index contributed by atoms with van der Waals surface area (Å²) in [7, 11) is 0. The van der Waals surface area contributed by atoms with Gasteiger partial charge < -0.3 is 10.1 Å². The van der Waals surface area contributed by atoms with Crippen molar-refractivity contribution >= 4 is 0 Å². The molecule has 1 atom stereocenters. The molecule has 1 unspecified atom stereocenters. The average Bonchev–Trinajstić information content (AvgIpc) is 2.37. The van der Waals surface area contributed by atoms with Crippen molar-refractivity contribution in [1.82, 2.24) is 5.32 Å². The molecular weight excluding hydrogens is 234 g/mol. The molecule has 0 amide bonds. The summed E-state index contributed by atoms with van der Waals surface area (Å²) in [6.45, 7) is 11.3. The molecule has 0 heterocycles. The van der Waals surface area contributed by atoms with Crippen molar-refractivity contribution in [2.75, 3.05) is 6.54 Å². The van der Waals surface area contributed by atoms with Crippen LogP contribution in [0.25, 0.3) is 0 Å². The molecular formula is C17H27NO. The van der Waals surface area contributed by atoms with Gasteiger partial charge in [0.25, 0.3) is 0 Å². The van der Waals surface area contributed by atoms with Crippen LogP contribution in [0.2, 0.25) is 0 Å². The second-order valence-electron chi connectivity index (χ2n) is 5.28. The molecule has 2 heteroatoms. The van der Waals surface area contributed by atoms with Crippen molar-refractivity contribution in [2.24, 2.45) is 0 Å². The summed E-state index contributed by atoms with van der Waals surface area (Å²) in [6, 6.07) is 8.77. The van der Waals surface area contributed by atoms with Crippen molar-refractivity contribution < 1.29 is 4.74 Å². The third kappa shape index (κ3) is 6.44. The zero-order valence-corrected chi connectivity index (χ0v) is 12.5. The SMILES string of the molecule is C=CCc1ccccc1OC(C)CCCNC(C)C. The molecule has 0 spiro atoms. The van der Waals surface area contributed by atoms with Gasteiger partial charge in [-0.2, -0.15) is 0 Å². The fourth-order valence-corrected chi connectivity index (χ4v) is 2.00. The average molecular weight is 261 g/mol. The van der Waals surface area contributed by atoms with E-state index in [0.29, 0.717) is 6.04 Å². The van der Waals surface area contributed by atoms with Crippen molar-refractivity contribution in [2.45, 2.75) is 52.2 Å². The molecule has 0 bridgehead atoms. The minimum Gasteiger partial charge on any atom is -0.490 e. The highest BCUT2D eigenvalue weighted by molar-refractivity contribution is 5.34. The number of hydrogen-bond acceptors (Lipinski definition) is 2. The van der Waals surface area contributed by atoms with Crippen molar-refractivity contribution in [1.29, 1.82) is 0 Å². The molecule has 106 valence electrons. The molecule has 1 aromatic carbocycles. The summed E-state index contributed by atoms with van der Waals surface area (Å²) >= 11 is 0. The Bertz CT molecular complexity index is 373. The molecule has 0 aliphatic rings. The minimum atomic E-state index is 0.250. The van der Waals surface area contributed by atoms with E-state index in [4.69, 9.17) is 4.74 Å². The van der Waals surface area contributed by atoms with E-state index in [-0.39, 0.29) is 6.10 Å². The fraction of sp³-hybridized carbons (Fsp3) is 0.529. The first-order valence-electron chi connectivity index (χ1n) is 7.22. The predicted octanol–water partition coefficient (Wildman–Crippen LogP) is 3.96. The Morgan fingerprint density at radius 2 is 2.00 bits per heavy atom. The first-order valence-corrected chi connectivity index (χ1v) is 7.22. The molecule has 0 radical (unpaired) electrons. The molecule has 0 fully saturated rings. The molecule has 1 N–H and O–H groups in total. The second kappa shape index (κ2) is 8.76. The molecule has 19 heavy (non-hydrogen) atoms. The lowest BCUT2D eigenvalue weighted by atomic mass is 10.1. The summed E-state index contributed by atoms with van der Waals surface area (Å²) < 4.78 is 6.03. The molecule has 0 aliphatic heterocycles. The van der Waals surface area contributed by atoms with E-state index < -0.39 is 0 Å². The maximum Gasteiger partial charge on any atom is 0.123 e. The molecule has 1 rings (SSSR count). The van der Waals surface area contributed by atoms with Gasteiger partial charge in [0.15, 0.2) is 0 Å². The van der Waals surface area contributed by atoms with Crippen LogP contribution in [0.15, 0.2) is 36.9 Å². The van der Waals surface area contributed by atoms with Gasteiger partial charge in [-0.25, -0.2) is 0 Å². The third-order valence-corrected chi connectivity index (χ3v) is 3.01. The van der Waals surface area contributed by atoms with Crippen LogP contribution in [0.1, 0.15) is 39.2 Å². The number of ether oxygens (including phenoxy) is 1. The van der Waals surface area contributed by atoms with E-state index in [1.807, 2.05) is 24.3 Å². The van der Waals surface area contributed by atoms with E-state index in [1.54, 1.807) is 0 Å². The number of rotatable bonds is 9. The Hall–Kier alpha value is -1.28. The van der Waals surface area contributed by atoms with Crippen molar-refractivity contribution in [3.8, 4) is 5.75 Å². The van der Waals surface area contributed by atoms with Gasteiger partial charge in [-0.05, 0) is 44.4 Å². The first-order chi connectivity index (χ1) is 9.13. The van der Waals surface area contributed by atoms with Crippen LogP contribution >= 0.6 is 0 Å². The highest BCUT2D eigenvalue weighted by Crippen LogP contribution is 2.21. The zero-order chi connectivity index (χ0) is 14.1. The summed E-state index contributed by atoms with van der Waals surface area (Å²) in [6.07, 6.45) is 5.24. The standard InChI is InChI=1S/C17H27NO/c1-5-9-16-11-6-7-12-17(16)19-15(4)10-8-13-18-14(2)3/h5-7,11-12,14-15,18H,1,8-10,13H2,2-4H3. The van der Waals surface area contributed by atoms with Crippen molar-refractivity contribution in [3.05, 3.63) is 42.5 Å². The van der Waals surface area contributed by atoms with Crippen LogP contribution in [0, 0.1) is 0 Å². The lowest BCUT2D eigenvalue weighted by Gasteiger charge is -2.17. The summed E-state index contributed by atoms with van der Waals surface area (Å²) in [5.41, 5.74) is 1.21. The van der Waals surface area contributed by atoms with Gasteiger partial charge in [-0.3, -0.25) is 0 Å². The van der Waals surface area contributed by atoms with Gasteiger partial charge in [-0.15, -0.1) is 6.58 Å². The number of benzene rings is 1. The molecule has 1 aromatic rings. The highest BCUT2D eigenvalue weighted by atomic mass is 16.5. The minimum absolute atomic E-state index is 0.250. The summed E-state index contributed by atoms with van der Waals surface area (Å²) in [5, 5.41) is 3.43. The predicted molar refractivity (Wildman–Crippen MR) is 82.8 cm³/mol. The number of para-hydroxylation sites is 1. The molecule has 0 saturated heterocycles. The summed E-state index contributed by atoms with van der Waals surface area (Å²) in [4.78, 5) is 0. The zero-order valence-electron chi connectivity index (χ0n) is 12.5. The Labute approximate surface area is 117 Å². The maximum atomic E-state index is 6.03. The van der Waals surface area contributed by atoms with E-state index in [0.717, 1.165) is 31.6 Å². The van der Waals surface area contributed by atoms with Crippen LogP contribution in [0.5, 0.6) is 5.75 Å². The Balaban J connectivity index is 2.39. The topological polar surface area (TPSA) is 21.3 Å². The Kier molecular flexibility index (Phi) is 7.27. The van der Waals surface area contributed by atoms with Crippen LogP contribution in [0.4, 0.5) is 0 Å². The van der Waals surface area contributed by atoms with E-state index in [9.17, 15) is 0 Å². The van der Waals surface area contributed by atoms with Gasteiger partial charge in [0, 0.05) is 6.04 Å². The summed E-state index contributed by atoms with van der Waals surface area (Å²) in [5.74, 6) is 0.992. The van der Waals surface area contributed by atoms with Crippen molar-refractivity contribution in [3.63, 3.8) is 0 Å². The molecule has 0 saturated carbocycles. The lowest BCUT2D eigenvalue weighted by molar-refractivity contribution is 0.205. The quantitative estimate of drug-likeness (QED) is 0.536. The van der Waals surface area contributed by atoms with Crippen LogP contribution in [-0.4, -0.2) is 18.7 Å². The fourth-order valence-electron chi connectivity index (χ4n) is 2.00. The van der Waals surface area contributed by atoms with E-state index >= 15 is 0 Å². The lowest BCUT2D eigenvalue weighted by Crippen LogP contribution is -2.25. The Morgan fingerprint density at radius 1 is 1.26 bits per heavy atom. The monoisotopic (exact) mass is 261 g/mol. The smallest absolute Gasteiger partial charge is 0.123 e. The molecule has 0 aromatic heterocycles. The highest BCUT2D eigenvalue weighted by Gasteiger charge is 2.07. The number of nitrogens with one attached hydrogen (secondary N) is 1. The molecule has 2 nitrogen and oxygen atoms in total. The maximum absolute atomic E-state index is 6.03. The van der Waals surface area contributed by atoms with Gasteiger partial charge in [0.1, 0.15) is 5.75 Å². The van der Waals surface area contributed by atoms with Gasteiger partial charge in [-0.1, -0.05) is 38.1 Å². The second-order valence-corrected chi connectivity index (χ2v) is 5.28. The van der Waals surface area contributed by atoms with E-state index in [2.05, 4.69) is 38.7 Å². The van der Waals surface area contributed by atoms with Crippen LogP contribution < -0.4 is 10.1 Å². The Morgan fingerprint density at radius 3 is 2.68 bits per heavy atom. The van der Waals surface area contributed by atoms with Crippen LogP contribution in [-0.2, 0) is 6.42 Å². The molecule has 0 aliphatic carbocycles. The van der Waals surface area contributed by atoms with Crippen LogP contribution in [0.3, 0.4) is 0 Å².